The fourth-order valence-corrected chi connectivity index (χ4v) is 197. The standard InChI is InChI=1S/C16H17BrN2O2.C10H11BrO3.C6H8N2.S42.S36/c1-12-10-14(7-8-18-12)19-16(20)6-3-9-21-15-5-2-4-13(17)11-15;11-8-3-1-4-9(7-8)14-6-2-5-10(12)13;1-5-4-6(7)2-3-8-5;1-3-5-7-9-11-13-15-17-19-21-23-25-27-29-31-33-35-37-39-41-42-40-38-36-34-32-30-28-26-24-22-20-18-16-14-12-10-8-6-4-2;1-3-5-7-9-11-13-15-17-19-21-23-25-27-29-31-33-35-36-34-32-30-28-26-24-22-20-18-16-14-12-10-8-6-4-2/h2,4-5,7-8,10-11H,3,6,9H2,1H3,(H,18,19,20);1,3-4,7H,2,5-6H2,(H,12,13);2-4H,1H3,(H2,7,8);;. The molecule has 9 nitrogen and oxygen atoms in total. The molecular weight excluding hydrogens is 3180 g/mol. The molecule has 0 bridgehead atoms. The number of nitrogen functional groups attached to an aromatic ring is 1. The summed E-state index contributed by atoms with van der Waals surface area (Å²) in [6.45, 7) is 4.75. The van der Waals surface area contributed by atoms with Gasteiger partial charge in [0.2, 0.25) is 5.91 Å². The summed E-state index contributed by atoms with van der Waals surface area (Å²) in [5, 5.41) is 11.2. The molecule has 1 amide bonds. The van der Waals surface area contributed by atoms with Crippen LogP contribution in [0.25, 0.3) is 0 Å². The van der Waals surface area contributed by atoms with E-state index < -0.39 is 5.97 Å². The van der Waals surface area contributed by atoms with Gasteiger partial charge in [-0.3, -0.25) is 19.6 Å². The number of aryl methyl sites for hydroxylation is 2. The van der Waals surface area contributed by atoms with Crippen molar-refractivity contribution >= 4 is 757 Å². The van der Waals surface area contributed by atoms with E-state index in [-0.39, 0.29) is 12.3 Å². The zero-order chi connectivity index (χ0) is 87.8. The Balaban J connectivity index is 0.00000162. The van der Waals surface area contributed by atoms with Crippen LogP contribution in [0.1, 0.15) is 37.1 Å². The van der Waals surface area contributed by atoms with Gasteiger partial charge in [-0.05, 0) is 87.4 Å². The zero-order valence-electron chi connectivity index (χ0n) is 56.0. The van der Waals surface area contributed by atoms with E-state index in [4.69, 9.17) is 65.1 Å². The largest absolute Gasteiger partial charge is 0.494 e. The highest BCUT2D eigenvalue weighted by molar-refractivity contribution is 9.11. The molecule has 2 aromatic heterocycles. The normalized spacial score (nSPS) is 8.46. The molecule has 4 aromatic rings. The summed E-state index contributed by atoms with van der Waals surface area (Å²) in [5.74, 6) is 0.751. The van der Waals surface area contributed by atoms with Crippen LogP contribution in [-0.4, -0.2) is 40.2 Å². The number of rotatable bonds is 11. The van der Waals surface area contributed by atoms with Crippen LogP contribution in [0.5, 0.6) is 11.5 Å². The topological polar surface area (TPSA) is 137 Å². The Labute approximate surface area is 947 Å². The van der Waals surface area contributed by atoms with Gasteiger partial charge < -0.3 is 25.6 Å². The molecule has 0 aliphatic carbocycles. The van der Waals surface area contributed by atoms with Crippen LogP contribution in [0.3, 0.4) is 0 Å². The molecule has 89 heteroatoms. The number of aliphatic carboxylic acids is 1. The molecule has 0 fully saturated rings. The lowest BCUT2D eigenvalue weighted by molar-refractivity contribution is -0.137. The Morgan fingerprint density at radius 1 is 0.322 bits per heavy atom. The number of carbonyl (C=O) groups excluding carboxylic acids is 1. The Bertz CT molecular complexity index is 7660. The third-order valence-corrected chi connectivity index (χ3v) is 168. The van der Waals surface area contributed by atoms with Gasteiger partial charge in [0.15, 0.2) is 0 Å². The van der Waals surface area contributed by atoms with Gasteiger partial charge in [-0.15, -0.1) is 0 Å². The number of halogens is 2. The molecule has 2 heterocycles. The van der Waals surface area contributed by atoms with Crippen LogP contribution >= 0.6 is 31.9 Å². The first-order valence-electron chi connectivity index (χ1n) is 26.2. The number of nitrogens with one attached hydrogen (secondary N) is 1. The van der Waals surface area contributed by atoms with Gasteiger partial charge in [0.1, 0.15) is 11.5 Å². The summed E-state index contributed by atoms with van der Waals surface area (Å²) in [5.41, 5.74) is 8.82. The summed E-state index contributed by atoms with van der Waals surface area (Å²) >= 11 is 25.9. The van der Waals surface area contributed by atoms with Gasteiger partial charge >= 0.3 is 5.97 Å². The highest BCUT2D eigenvalue weighted by Gasteiger charge is 2.04. The van der Waals surface area contributed by atoms with E-state index in [0.717, 1.165) is 43.2 Å². The second-order valence-electron chi connectivity index (χ2n) is 14.2. The van der Waals surface area contributed by atoms with Gasteiger partial charge in [0, 0.05) is 759 Å². The number of hydrogen-bond donors (Lipinski definition) is 3. The Kier molecular flexibility index (Phi) is 128. The van der Waals surface area contributed by atoms with Crippen LogP contribution in [0, 0.1) is 13.8 Å². The van der Waals surface area contributed by atoms with Crippen molar-refractivity contribution in [2.75, 3.05) is 24.3 Å². The number of carboxylic acids is 1. The van der Waals surface area contributed by atoms with E-state index in [9.17, 15) is 9.59 Å². The van der Waals surface area contributed by atoms with Crippen LogP contribution in [0.4, 0.5) is 11.4 Å². The van der Waals surface area contributed by atoms with Crippen LogP contribution in [0.2, 0.25) is 0 Å². The maximum Gasteiger partial charge on any atom is 0.303 e. The molecule has 4 rings (SSSR count). The molecule has 2 aromatic carbocycles. The van der Waals surface area contributed by atoms with Crippen molar-refractivity contribution in [3.63, 3.8) is 0 Å². The number of carbonyl (C=O) groups is 2. The van der Waals surface area contributed by atoms with Crippen LogP contribution in [-0.2, 0) is 711 Å². The highest BCUT2D eigenvalue weighted by atomic mass is 79.9. The Hall–Kier alpha value is 13.2. The van der Waals surface area contributed by atoms with Crippen molar-refractivity contribution < 1.29 is 24.2 Å². The van der Waals surface area contributed by atoms with E-state index in [1.54, 1.807) is 238 Å². The summed E-state index contributed by atoms with van der Waals surface area (Å²) in [7, 11) is 131. The number of pyridine rings is 2. The van der Waals surface area contributed by atoms with Crippen LogP contribution in [0.15, 0.2) is 94.1 Å². The van der Waals surface area contributed by atoms with Crippen molar-refractivity contribution in [2.45, 2.75) is 39.5 Å². The summed E-state index contributed by atoms with van der Waals surface area (Å²) in [6, 6.07) is 22.3. The predicted molar refractivity (Wildman–Crippen MR) is 751 cm³/mol. The van der Waals surface area contributed by atoms with E-state index in [0.29, 0.717) is 32.5 Å². The second-order valence-corrected chi connectivity index (χ2v) is 147. The number of ether oxygens (including phenoxy) is 2. The molecule has 0 atom stereocenters. The number of amides is 1. The fourth-order valence-electron chi connectivity index (χ4n) is 4.16. The predicted octanol–water partition coefficient (Wildman–Crippen LogP) is 7.43. The molecule has 0 spiro atoms. The van der Waals surface area contributed by atoms with Crippen molar-refractivity contribution in [3.8, 4) is 11.5 Å². The number of nitrogens with zero attached hydrogens (tertiary/aromatic N) is 2. The maximum atomic E-state index is 11.8. The number of nitrogens with two attached hydrogens (primary N) is 1. The Morgan fingerprint density at radius 2 is 0.537 bits per heavy atom. The van der Waals surface area contributed by atoms with E-state index >= 15 is 0 Å². The summed E-state index contributed by atoms with van der Waals surface area (Å²) < 4.78 is 12.9. The van der Waals surface area contributed by atoms with Gasteiger partial charge in [0.25, 0.3) is 0 Å². The zero-order valence-corrected chi connectivity index (χ0v) is 123. The van der Waals surface area contributed by atoms with Crippen molar-refractivity contribution in [2.24, 2.45) is 0 Å². The van der Waals surface area contributed by atoms with E-state index in [1.807, 2.05) is 483 Å². The molecule has 121 heavy (non-hydrogen) atoms. The summed E-state index contributed by atoms with van der Waals surface area (Å²) in [6.07, 6.45) is 5.15. The number of carboxylic acid groups (broad SMARTS) is 1. The third kappa shape index (κ3) is 112. The molecule has 0 aliphatic heterocycles. The van der Waals surface area contributed by atoms with Crippen molar-refractivity contribution in [1.82, 2.24) is 9.97 Å². The van der Waals surface area contributed by atoms with E-state index in [1.165, 1.54) is 35.5 Å². The first-order chi connectivity index (χ1) is 59.4. The molecule has 0 aliphatic rings. The van der Waals surface area contributed by atoms with Crippen LogP contribution < -0.4 is 20.5 Å². The van der Waals surface area contributed by atoms with Gasteiger partial charge in [0.05, 0.1) is 13.2 Å². The van der Waals surface area contributed by atoms with Crippen molar-refractivity contribution in [1.29, 1.82) is 0 Å². The van der Waals surface area contributed by atoms with Gasteiger partial charge in [-0.2, -0.15) is 0 Å². The lowest BCUT2D eigenvalue weighted by Gasteiger charge is -2.07. The first kappa shape index (κ1) is 134. The average Bonchev–Trinajstić information content (AvgIpc) is 0.922. The SMILES string of the molecule is Cc1cc(N)ccn1.Cc1cc(NC(=O)CCCOc2cccc(Br)c2)ccn1.O=C(O)CCCOc1cccc(Br)c1.S=S=S=S=S=S=S=S=S=S=S=S=S=S=S=S=S=S=S=S=S=S=S=S=S=S=S=S=S=S=S=S=S=S=S=S.S=S=S=S=S=S=S=S=S=S=S=S=S=S=S=S=S=S=S=S=S=S=S=S=S=S=S=S=S=S=S=S=S=S=S=S=S=S=S=S=S=S. The highest BCUT2D eigenvalue weighted by Crippen LogP contribution is 2.19. The maximum absolute atomic E-state index is 11.8. The number of benzene rings is 2. The summed E-state index contributed by atoms with van der Waals surface area (Å²) in [4.78, 5) is 30.0. The smallest absolute Gasteiger partial charge is 0.303 e. The molecular formula is C32H36Br2N4O5S78. The number of anilines is 2. The minimum atomic E-state index is -0.789. The minimum absolute atomic E-state index is 0.0153. The van der Waals surface area contributed by atoms with Crippen molar-refractivity contribution in [3.05, 3.63) is 106 Å². The fraction of sp³-hybridized carbons (Fsp3) is 0.250. The molecule has 0 unspecified atom stereocenters. The average molecular weight is 3220 g/mol. The third-order valence-electron chi connectivity index (χ3n) is 7.31. The molecule has 0 saturated carbocycles. The van der Waals surface area contributed by atoms with Gasteiger partial charge in [-0.25, -0.2) is 0 Å². The second kappa shape index (κ2) is 115. The molecule has 0 radical (unpaired) electrons. The van der Waals surface area contributed by atoms with E-state index in [2.05, 4.69) is 47.1 Å². The lowest BCUT2D eigenvalue weighted by Crippen LogP contribution is -2.13. The lowest BCUT2D eigenvalue weighted by atomic mass is 10.3. The molecule has 696 valence electrons. The molecule has 0 saturated heterocycles. The quantitative estimate of drug-likeness (QED) is 0.129. The number of aromatic nitrogens is 2. The first-order valence-corrected chi connectivity index (χ1v) is 129. The number of hydrogen-bond acceptors (Lipinski definition) is 11. The molecule has 4 N–H and O–H groups in total. The Morgan fingerprint density at radius 3 is 0.727 bits per heavy atom. The minimum Gasteiger partial charge on any atom is -0.494 e. The van der Waals surface area contributed by atoms with Gasteiger partial charge in [-0.1, -0.05) is 44.0 Å². The monoisotopic (exact) mass is 3210 g/mol.